The minimum absolute atomic E-state index is 0.0204. The first-order valence-corrected chi connectivity index (χ1v) is 6.21. The van der Waals surface area contributed by atoms with Gasteiger partial charge in [-0.3, -0.25) is 4.79 Å². The first-order chi connectivity index (χ1) is 8.40. The van der Waals surface area contributed by atoms with Gasteiger partial charge in [0.05, 0.1) is 20.8 Å². The number of rotatable bonds is 2. The van der Waals surface area contributed by atoms with Gasteiger partial charge in [-0.1, -0.05) is 23.2 Å². The number of benzene rings is 1. The van der Waals surface area contributed by atoms with Crippen LogP contribution < -0.4 is 0 Å². The Morgan fingerprint density at radius 1 is 1.33 bits per heavy atom. The second-order valence-electron chi connectivity index (χ2n) is 3.46. The second-order valence-corrected chi connectivity index (χ2v) is 5.16. The highest BCUT2D eigenvalue weighted by Gasteiger charge is 2.19. The van der Waals surface area contributed by atoms with Crippen molar-refractivity contribution in [1.29, 1.82) is 0 Å². The Balaban J connectivity index is 2.52. The van der Waals surface area contributed by atoms with Crippen LogP contribution in [-0.2, 0) is 0 Å². The maximum atomic E-state index is 13.1. The smallest absolute Gasteiger partial charge is 0.213 e. The van der Waals surface area contributed by atoms with Crippen LogP contribution >= 0.6 is 39.1 Å². The van der Waals surface area contributed by atoms with Crippen LogP contribution in [0.3, 0.4) is 0 Å². The number of H-pyrrole nitrogens is 1. The Labute approximate surface area is 120 Å². The first kappa shape index (κ1) is 13.4. The molecular formula is C11H5BrCl2FNO2. The number of nitrogens with one attached hydrogen (secondary N) is 1. The van der Waals surface area contributed by atoms with Crippen LogP contribution in [0.5, 0.6) is 5.75 Å². The quantitative estimate of drug-likeness (QED) is 0.629. The molecular weight excluding hydrogens is 349 g/mol. The Hall–Kier alpha value is -1.04. The minimum atomic E-state index is -0.675. The summed E-state index contributed by atoms with van der Waals surface area (Å²) in [6, 6.07) is 3.84. The lowest BCUT2D eigenvalue weighted by Gasteiger charge is -2.05. The summed E-state index contributed by atoms with van der Waals surface area (Å²) in [5.41, 5.74) is -0.116. The van der Waals surface area contributed by atoms with E-state index in [-0.39, 0.29) is 25.8 Å². The minimum Gasteiger partial charge on any atom is -0.506 e. The van der Waals surface area contributed by atoms with Crippen LogP contribution in [0.1, 0.15) is 16.1 Å². The maximum absolute atomic E-state index is 13.1. The second kappa shape index (κ2) is 4.91. The zero-order valence-electron chi connectivity index (χ0n) is 8.60. The SMILES string of the molecule is O=[13C](c1cc(Br)c(F)[nH]1)c1cc(Cl)cc(Cl)c1O. The van der Waals surface area contributed by atoms with Crippen LogP contribution in [0, 0.1) is 5.95 Å². The number of aromatic hydroxyl groups is 1. The van der Waals surface area contributed by atoms with Crippen molar-refractivity contribution in [3.05, 3.63) is 49.9 Å². The third kappa shape index (κ3) is 2.39. The Bertz CT molecular complexity index is 623. The molecule has 1 heterocycles. The van der Waals surface area contributed by atoms with Gasteiger partial charge in [0, 0.05) is 5.02 Å². The van der Waals surface area contributed by atoms with E-state index in [2.05, 4.69) is 20.9 Å². The van der Waals surface area contributed by atoms with Crippen molar-refractivity contribution in [2.24, 2.45) is 0 Å². The molecule has 0 aliphatic heterocycles. The van der Waals surface area contributed by atoms with Crippen LogP contribution in [0.25, 0.3) is 0 Å². The summed E-state index contributed by atoms with van der Waals surface area (Å²) in [6.45, 7) is 0. The first-order valence-electron chi connectivity index (χ1n) is 4.67. The average Bonchev–Trinajstić information content (AvgIpc) is 2.63. The number of carbonyl (C=O) groups excluding carboxylic acids is 1. The molecule has 1 aromatic carbocycles. The predicted molar refractivity (Wildman–Crippen MR) is 70.0 cm³/mol. The summed E-state index contributed by atoms with van der Waals surface area (Å²) in [4.78, 5) is 14.3. The van der Waals surface area contributed by atoms with Crippen LogP contribution in [-0.4, -0.2) is 15.9 Å². The Morgan fingerprint density at radius 2 is 2.00 bits per heavy atom. The molecule has 18 heavy (non-hydrogen) atoms. The number of aromatic nitrogens is 1. The van der Waals surface area contributed by atoms with Crippen LogP contribution in [0.2, 0.25) is 10.0 Å². The van der Waals surface area contributed by atoms with Gasteiger partial charge < -0.3 is 10.1 Å². The average molecular weight is 354 g/mol. The van der Waals surface area contributed by atoms with Gasteiger partial charge in [0.25, 0.3) is 0 Å². The lowest BCUT2D eigenvalue weighted by molar-refractivity contribution is 0.103. The number of aromatic amines is 1. The largest absolute Gasteiger partial charge is 0.506 e. The van der Waals surface area contributed by atoms with Crippen LogP contribution in [0.15, 0.2) is 22.7 Å². The lowest BCUT2D eigenvalue weighted by atomic mass is 10.2. The summed E-state index contributed by atoms with van der Waals surface area (Å²) in [6.07, 6.45) is 0. The van der Waals surface area contributed by atoms with Crippen molar-refractivity contribution >= 4 is 44.9 Å². The van der Waals surface area contributed by atoms with Gasteiger partial charge in [0.2, 0.25) is 11.7 Å². The molecule has 0 bridgehead atoms. The summed E-state index contributed by atoms with van der Waals surface area (Å²) >= 11 is 14.4. The fourth-order valence-corrected chi connectivity index (χ4v) is 2.23. The number of phenols is 1. The number of phenolic OH excluding ortho intramolecular Hbond substituents is 1. The number of hydrogen-bond donors (Lipinski definition) is 2. The highest BCUT2D eigenvalue weighted by atomic mass is 79.9. The van der Waals surface area contributed by atoms with Gasteiger partial charge in [0.15, 0.2) is 0 Å². The van der Waals surface area contributed by atoms with E-state index in [1.807, 2.05) is 0 Å². The topological polar surface area (TPSA) is 53.1 Å². The summed E-state index contributed by atoms with van der Waals surface area (Å²) in [5.74, 6) is -1.68. The molecule has 3 nitrogen and oxygen atoms in total. The van der Waals surface area contributed by atoms with Crippen molar-refractivity contribution < 1.29 is 14.3 Å². The molecule has 94 valence electrons. The fourth-order valence-electron chi connectivity index (χ4n) is 1.41. The molecule has 0 unspecified atom stereocenters. The molecule has 0 saturated carbocycles. The van der Waals surface area contributed by atoms with E-state index >= 15 is 0 Å². The van der Waals surface area contributed by atoms with Gasteiger partial charge in [-0.15, -0.1) is 0 Å². The summed E-state index contributed by atoms with van der Waals surface area (Å²) in [5, 5.41) is 9.86. The van der Waals surface area contributed by atoms with E-state index in [4.69, 9.17) is 23.2 Å². The standard InChI is InChI=1S/C11H5BrCl2FNO2/c12-6-3-8(16-11(6)15)10(18)5-1-4(13)2-7(14)9(5)17/h1-3,16-17H/i10+1. The van der Waals surface area contributed by atoms with E-state index in [9.17, 15) is 14.3 Å². The molecule has 0 radical (unpaired) electrons. The highest BCUT2D eigenvalue weighted by Crippen LogP contribution is 2.32. The van der Waals surface area contributed by atoms with Crippen molar-refractivity contribution in [1.82, 2.24) is 4.98 Å². The van der Waals surface area contributed by atoms with E-state index in [0.29, 0.717) is 0 Å². The van der Waals surface area contributed by atoms with Gasteiger partial charge >= 0.3 is 0 Å². The molecule has 0 aliphatic rings. The zero-order chi connectivity index (χ0) is 13.4. The van der Waals surface area contributed by atoms with Crippen molar-refractivity contribution in [3.8, 4) is 5.75 Å². The third-order valence-corrected chi connectivity index (χ3v) is 3.33. The van der Waals surface area contributed by atoms with Gasteiger partial charge in [-0.25, -0.2) is 0 Å². The maximum Gasteiger partial charge on any atom is 0.213 e. The zero-order valence-corrected chi connectivity index (χ0v) is 11.7. The highest BCUT2D eigenvalue weighted by molar-refractivity contribution is 9.10. The van der Waals surface area contributed by atoms with E-state index in [1.165, 1.54) is 18.2 Å². The molecule has 2 N–H and O–H groups in total. The van der Waals surface area contributed by atoms with Crippen molar-refractivity contribution in [3.63, 3.8) is 0 Å². The number of halogens is 4. The normalized spacial score (nSPS) is 10.7. The van der Waals surface area contributed by atoms with Crippen molar-refractivity contribution in [2.75, 3.05) is 0 Å². The Kier molecular flexibility index (Phi) is 3.66. The summed E-state index contributed by atoms with van der Waals surface area (Å²) < 4.78 is 13.2. The molecule has 7 heteroatoms. The molecule has 0 spiro atoms. The number of ketones is 1. The van der Waals surface area contributed by atoms with Crippen molar-refractivity contribution in [2.45, 2.75) is 0 Å². The molecule has 2 rings (SSSR count). The van der Waals surface area contributed by atoms with Crippen LogP contribution in [0.4, 0.5) is 4.39 Å². The third-order valence-electron chi connectivity index (χ3n) is 2.24. The fraction of sp³-hybridized carbons (Fsp3) is 0. The number of carbonyl (C=O) groups is 1. The van der Waals surface area contributed by atoms with Gasteiger partial charge in [-0.2, -0.15) is 4.39 Å². The van der Waals surface area contributed by atoms with Gasteiger partial charge in [0.1, 0.15) is 5.75 Å². The predicted octanol–water partition coefficient (Wildman–Crippen LogP) is 4.16. The lowest BCUT2D eigenvalue weighted by Crippen LogP contribution is -2.02. The van der Waals surface area contributed by atoms with E-state index in [1.54, 1.807) is 0 Å². The van der Waals surface area contributed by atoms with E-state index in [0.717, 1.165) is 0 Å². The monoisotopic (exact) mass is 352 g/mol. The van der Waals surface area contributed by atoms with Gasteiger partial charge in [-0.05, 0) is 34.1 Å². The molecule has 1 aromatic heterocycles. The molecule has 0 saturated heterocycles. The molecule has 0 fully saturated rings. The molecule has 0 amide bonds. The molecule has 0 aliphatic carbocycles. The van der Waals surface area contributed by atoms with E-state index < -0.39 is 17.5 Å². The molecule has 0 atom stereocenters. The number of hydrogen-bond acceptors (Lipinski definition) is 2. The summed E-state index contributed by atoms with van der Waals surface area (Å²) in [7, 11) is 0. The Morgan fingerprint density at radius 3 is 2.56 bits per heavy atom. The molecule has 2 aromatic rings.